The molecule has 0 saturated heterocycles. The first-order chi connectivity index (χ1) is 12.4. The molecule has 0 N–H and O–H groups in total. The zero-order valence-corrected chi connectivity index (χ0v) is 18.7. The number of hydrogen-bond acceptors (Lipinski definition) is 2. The third kappa shape index (κ3) is 4.83. The van der Waals surface area contributed by atoms with Crippen LogP contribution in [-0.2, 0) is 13.1 Å². The van der Waals surface area contributed by atoms with E-state index < -0.39 is 0 Å². The Kier molecular flexibility index (Phi) is 5.07. The Bertz CT molecular complexity index is 791. The van der Waals surface area contributed by atoms with E-state index in [1.807, 2.05) is 12.5 Å². The summed E-state index contributed by atoms with van der Waals surface area (Å²) in [6.45, 7) is 20.3. The number of aryl methyl sites for hydroxylation is 2. The van der Waals surface area contributed by atoms with E-state index in [1.54, 1.807) is 0 Å². The maximum Gasteiger partial charge on any atom is 0.0951 e. The highest BCUT2D eigenvalue weighted by Crippen LogP contribution is 2.54. The molecule has 0 radical (unpaired) electrons. The lowest BCUT2D eigenvalue weighted by molar-refractivity contribution is 0.253. The number of aromatic nitrogens is 4. The molecule has 0 unspecified atom stereocenters. The van der Waals surface area contributed by atoms with Crippen molar-refractivity contribution in [3.05, 3.63) is 23.9 Å². The van der Waals surface area contributed by atoms with Crippen LogP contribution in [0.1, 0.15) is 78.6 Å². The van der Waals surface area contributed by atoms with Gasteiger partial charge < -0.3 is 4.57 Å². The highest BCUT2D eigenvalue weighted by molar-refractivity contribution is 5.64. The minimum Gasteiger partial charge on any atom is -0.330 e. The zero-order valence-electron chi connectivity index (χ0n) is 18.7. The van der Waals surface area contributed by atoms with Crippen molar-refractivity contribution in [3.63, 3.8) is 0 Å². The van der Waals surface area contributed by atoms with Gasteiger partial charge in [0.15, 0.2) is 0 Å². The van der Waals surface area contributed by atoms with Gasteiger partial charge in [-0.15, -0.1) is 0 Å². The predicted octanol–water partition coefficient (Wildman–Crippen LogP) is 6.02. The zero-order chi connectivity index (χ0) is 20.0. The Morgan fingerprint density at radius 3 is 2.26 bits per heavy atom. The van der Waals surface area contributed by atoms with Gasteiger partial charge in [0, 0.05) is 24.3 Å². The van der Waals surface area contributed by atoms with Crippen molar-refractivity contribution in [2.75, 3.05) is 0 Å². The van der Waals surface area contributed by atoms with Crippen LogP contribution >= 0.6 is 0 Å². The van der Waals surface area contributed by atoms with E-state index >= 15 is 0 Å². The molecule has 1 aliphatic carbocycles. The van der Waals surface area contributed by atoms with Gasteiger partial charge in [-0.25, -0.2) is 4.98 Å². The van der Waals surface area contributed by atoms with E-state index in [1.165, 1.54) is 36.2 Å². The van der Waals surface area contributed by atoms with E-state index in [2.05, 4.69) is 69.6 Å². The van der Waals surface area contributed by atoms with Crippen LogP contribution in [-0.4, -0.2) is 19.3 Å². The van der Waals surface area contributed by atoms with Gasteiger partial charge in [0.2, 0.25) is 0 Å². The first-order valence-electron chi connectivity index (χ1n) is 10.4. The quantitative estimate of drug-likeness (QED) is 0.623. The van der Waals surface area contributed by atoms with Gasteiger partial charge in [-0.1, -0.05) is 41.5 Å². The summed E-state index contributed by atoms with van der Waals surface area (Å²) in [5, 5.41) is 4.86. The Balaban J connectivity index is 1.85. The van der Waals surface area contributed by atoms with E-state index in [9.17, 15) is 0 Å². The van der Waals surface area contributed by atoms with Crippen molar-refractivity contribution >= 4 is 0 Å². The van der Waals surface area contributed by atoms with Crippen molar-refractivity contribution in [1.82, 2.24) is 19.3 Å². The van der Waals surface area contributed by atoms with Gasteiger partial charge in [-0.3, -0.25) is 4.68 Å². The largest absolute Gasteiger partial charge is 0.330 e. The van der Waals surface area contributed by atoms with Crippen LogP contribution in [0.2, 0.25) is 0 Å². The lowest BCUT2D eigenvalue weighted by Gasteiger charge is -2.26. The van der Waals surface area contributed by atoms with Crippen LogP contribution in [0.15, 0.2) is 12.5 Å². The second-order valence-corrected chi connectivity index (χ2v) is 11.2. The average Bonchev–Trinajstić information content (AvgIpc) is 2.97. The highest BCUT2D eigenvalue weighted by atomic mass is 15.3. The maximum absolute atomic E-state index is 4.86. The normalized spacial score (nSPS) is 16.7. The van der Waals surface area contributed by atoms with E-state index in [-0.39, 0.29) is 0 Å². The molecule has 0 aliphatic heterocycles. The standard InChI is InChI=1S/C23H38N4/c1-17-20(18(2)27(25-17)12-11-21(3,4)5)19-13-24-16-26(19)15-23(9-10-23)14-22(6,7)8/h13,16H,9-12,14-15H2,1-8H3. The molecule has 4 heteroatoms. The molecule has 1 aliphatic rings. The predicted molar refractivity (Wildman–Crippen MR) is 113 cm³/mol. The highest BCUT2D eigenvalue weighted by Gasteiger charge is 2.45. The molecule has 0 atom stereocenters. The Morgan fingerprint density at radius 2 is 1.70 bits per heavy atom. The topological polar surface area (TPSA) is 35.6 Å². The fourth-order valence-corrected chi connectivity index (χ4v) is 4.44. The molecule has 4 nitrogen and oxygen atoms in total. The summed E-state index contributed by atoms with van der Waals surface area (Å²) >= 11 is 0. The first-order valence-corrected chi connectivity index (χ1v) is 10.4. The van der Waals surface area contributed by atoms with Crippen LogP contribution in [0.5, 0.6) is 0 Å². The van der Waals surface area contributed by atoms with Crippen LogP contribution in [0.4, 0.5) is 0 Å². The number of nitrogens with zero attached hydrogens (tertiary/aromatic N) is 4. The monoisotopic (exact) mass is 370 g/mol. The summed E-state index contributed by atoms with van der Waals surface area (Å²) in [6.07, 6.45) is 9.12. The van der Waals surface area contributed by atoms with Gasteiger partial charge >= 0.3 is 0 Å². The van der Waals surface area contributed by atoms with Crippen LogP contribution in [0.3, 0.4) is 0 Å². The number of hydrogen-bond donors (Lipinski definition) is 0. The Labute approximate surface area is 165 Å². The molecular weight excluding hydrogens is 332 g/mol. The summed E-state index contributed by atoms with van der Waals surface area (Å²) in [4.78, 5) is 4.51. The SMILES string of the molecule is Cc1nn(CCC(C)(C)C)c(C)c1-c1cncn1CC1(CC(C)(C)C)CC1. The fraction of sp³-hybridized carbons (Fsp3) is 0.739. The van der Waals surface area contributed by atoms with E-state index in [0.29, 0.717) is 16.2 Å². The van der Waals surface area contributed by atoms with E-state index in [4.69, 9.17) is 5.10 Å². The summed E-state index contributed by atoms with van der Waals surface area (Å²) < 4.78 is 4.57. The molecule has 3 rings (SSSR count). The molecule has 1 fully saturated rings. The van der Waals surface area contributed by atoms with Gasteiger partial charge in [0.05, 0.1) is 23.9 Å². The molecule has 2 heterocycles. The fourth-order valence-electron chi connectivity index (χ4n) is 4.44. The molecule has 27 heavy (non-hydrogen) atoms. The van der Waals surface area contributed by atoms with Crippen molar-refractivity contribution in [2.24, 2.45) is 16.2 Å². The third-order valence-corrected chi connectivity index (χ3v) is 5.79. The number of rotatable bonds is 6. The van der Waals surface area contributed by atoms with Crippen LogP contribution in [0, 0.1) is 30.1 Å². The molecule has 2 aromatic rings. The van der Waals surface area contributed by atoms with Crippen molar-refractivity contribution in [3.8, 4) is 11.3 Å². The summed E-state index contributed by atoms with van der Waals surface area (Å²) in [5.74, 6) is 0. The van der Waals surface area contributed by atoms with Crippen molar-refractivity contribution in [1.29, 1.82) is 0 Å². The molecule has 0 spiro atoms. The van der Waals surface area contributed by atoms with Gasteiger partial charge in [0.1, 0.15) is 0 Å². The minimum absolute atomic E-state index is 0.319. The molecule has 0 amide bonds. The van der Waals surface area contributed by atoms with Crippen molar-refractivity contribution < 1.29 is 0 Å². The summed E-state index contributed by atoms with van der Waals surface area (Å²) in [7, 11) is 0. The van der Waals surface area contributed by atoms with Crippen molar-refractivity contribution in [2.45, 2.75) is 94.2 Å². The maximum atomic E-state index is 4.86. The summed E-state index contributed by atoms with van der Waals surface area (Å²) in [6, 6.07) is 0. The van der Waals surface area contributed by atoms with Gasteiger partial charge in [-0.05, 0) is 55.8 Å². The summed E-state index contributed by atoms with van der Waals surface area (Å²) in [5.41, 5.74) is 6.03. The van der Waals surface area contributed by atoms with E-state index in [0.717, 1.165) is 25.2 Å². The van der Waals surface area contributed by atoms with Crippen LogP contribution in [0.25, 0.3) is 11.3 Å². The lowest BCUT2D eigenvalue weighted by Crippen LogP contribution is -2.19. The molecule has 150 valence electrons. The molecule has 0 aromatic carbocycles. The Hall–Kier alpha value is -1.58. The number of imidazole rings is 1. The smallest absolute Gasteiger partial charge is 0.0951 e. The lowest BCUT2D eigenvalue weighted by atomic mass is 9.82. The first kappa shape index (κ1) is 20.2. The minimum atomic E-state index is 0.319. The molecule has 2 aromatic heterocycles. The molecule has 1 saturated carbocycles. The second-order valence-electron chi connectivity index (χ2n) is 11.2. The Morgan fingerprint density at radius 1 is 1.04 bits per heavy atom. The second kappa shape index (κ2) is 6.79. The van der Waals surface area contributed by atoms with Crippen LogP contribution < -0.4 is 0 Å². The van der Waals surface area contributed by atoms with Gasteiger partial charge in [0.25, 0.3) is 0 Å². The average molecular weight is 371 g/mol. The third-order valence-electron chi connectivity index (χ3n) is 5.79. The molecular formula is C23H38N4. The van der Waals surface area contributed by atoms with Gasteiger partial charge in [-0.2, -0.15) is 5.10 Å². The molecule has 0 bridgehead atoms.